The van der Waals surface area contributed by atoms with Gasteiger partial charge in [-0.3, -0.25) is 9.59 Å². The SMILES string of the molecule is COC1CCC([C@@H]2CCN(C(=O)[C@H]3CC[C@H]([C@@H](CF)NC(=O)OC(C)(C)C)CC3)[C@@H]2C(=O)Nc2ccc3oc(C(=O)OCCCOCC(C)C)cc3c2)CC1. The van der Waals surface area contributed by atoms with Gasteiger partial charge in [-0.2, -0.15) is 0 Å². The summed E-state index contributed by atoms with van der Waals surface area (Å²) in [5, 5.41) is 6.43. The van der Waals surface area contributed by atoms with Gasteiger partial charge in [-0.15, -0.1) is 0 Å². The van der Waals surface area contributed by atoms with Gasteiger partial charge in [0.05, 0.1) is 18.8 Å². The molecule has 3 amide bonds. The van der Waals surface area contributed by atoms with E-state index in [1.807, 2.05) is 0 Å². The molecule has 55 heavy (non-hydrogen) atoms. The molecular weight excluding hydrogens is 709 g/mol. The van der Waals surface area contributed by atoms with Gasteiger partial charge in [-0.1, -0.05) is 13.8 Å². The first-order chi connectivity index (χ1) is 26.3. The smallest absolute Gasteiger partial charge is 0.407 e. The van der Waals surface area contributed by atoms with Crippen molar-refractivity contribution >= 4 is 40.5 Å². The topological polar surface area (TPSA) is 146 Å². The third-order valence-electron chi connectivity index (χ3n) is 11.3. The summed E-state index contributed by atoms with van der Waals surface area (Å²) in [4.78, 5) is 55.4. The van der Waals surface area contributed by atoms with Crippen molar-refractivity contribution < 1.29 is 46.9 Å². The minimum Gasteiger partial charge on any atom is -0.460 e. The van der Waals surface area contributed by atoms with Gasteiger partial charge in [0.1, 0.15) is 23.9 Å². The molecule has 0 spiro atoms. The number of carbonyl (C=O) groups excluding carboxylic acids is 4. The Bertz CT molecular complexity index is 1590. The first kappa shape index (κ1) is 42.4. The van der Waals surface area contributed by atoms with E-state index in [4.69, 9.17) is 23.4 Å². The van der Waals surface area contributed by atoms with Gasteiger partial charge in [0.15, 0.2) is 0 Å². The monoisotopic (exact) mass is 771 g/mol. The lowest BCUT2D eigenvalue weighted by Crippen LogP contribution is -2.50. The largest absolute Gasteiger partial charge is 0.460 e. The Morgan fingerprint density at radius 2 is 1.69 bits per heavy atom. The normalized spacial score (nSPS) is 25.1. The number of nitrogens with zero attached hydrogens (tertiary/aromatic N) is 1. The zero-order chi connectivity index (χ0) is 39.7. The number of halogens is 1. The van der Waals surface area contributed by atoms with E-state index in [0.29, 0.717) is 74.4 Å². The maximum absolute atomic E-state index is 14.3. The molecule has 2 saturated carbocycles. The number of fused-ring (bicyclic) bond motifs is 1. The van der Waals surface area contributed by atoms with E-state index >= 15 is 0 Å². The number of hydrogen-bond donors (Lipinski definition) is 2. The number of hydrogen-bond acceptors (Lipinski definition) is 9. The minimum absolute atomic E-state index is 0.00171. The highest BCUT2D eigenvalue weighted by molar-refractivity contribution is 6.00. The number of carbonyl (C=O) groups is 4. The van der Waals surface area contributed by atoms with Crippen LogP contribution in [0.1, 0.15) is 109 Å². The maximum Gasteiger partial charge on any atom is 0.407 e. The van der Waals surface area contributed by atoms with Crippen LogP contribution in [-0.4, -0.2) is 92.7 Å². The fourth-order valence-electron chi connectivity index (χ4n) is 8.54. The number of amides is 3. The third-order valence-corrected chi connectivity index (χ3v) is 11.3. The van der Waals surface area contributed by atoms with Gasteiger partial charge in [0.2, 0.25) is 17.6 Å². The Morgan fingerprint density at radius 1 is 0.964 bits per heavy atom. The Balaban J connectivity index is 1.24. The molecule has 0 radical (unpaired) electrons. The van der Waals surface area contributed by atoms with Crippen molar-refractivity contribution in [2.75, 3.05) is 45.5 Å². The van der Waals surface area contributed by atoms with E-state index in [0.717, 1.165) is 32.1 Å². The number of esters is 1. The van der Waals surface area contributed by atoms with Gasteiger partial charge in [-0.05, 0) is 126 Å². The molecule has 1 saturated heterocycles. The number of methoxy groups -OCH3 is 1. The van der Waals surface area contributed by atoms with E-state index in [1.54, 1.807) is 57.0 Å². The number of alkyl carbamates (subject to hydrolysis) is 1. The Labute approximate surface area is 324 Å². The molecule has 5 rings (SSSR count). The molecule has 13 heteroatoms. The summed E-state index contributed by atoms with van der Waals surface area (Å²) in [6, 6.07) is 5.49. The van der Waals surface area contributed by atoms with Crippen LogP contribution in [-0.2, 0) is 28.5 Å². The molecule has 2 aromatic rings. The van der Waals surface area contributed by atoms with Crippen molar-refractivity contribution in [1.29, 1.82) is 0 Å². The standard InChI is InChI=1S/C42H62FN3O9/c1-26(2)25-52-20-7-21-53-40(49)36-23-30-22-31(14-17-35(30)54-36)44-38(47)37-33(27-12-15-32(51-6)16-13-27)18-19-46(37)39(48)29-10-8-28(9-11-29)34(24-43)45-41(50)55-42(3,4)5/h14,17,22-23,26-29,32-34,37H,7-13,15-16,18-21,24-25H2,1-6H3,(H,44,47)(H,45,50)/t27?,28-,29-,32?,33-,34+,37-/m0/s1. The number of alkyl halides is 1. The van der Waals surface area contributed by atoms with Crippen LogP contribution in [0.5, 0.6) is 0 Å². The first-order valence-corrected chi connectivity index (χ1v) is 20.2. The molecular formula is C42H62FN3O9. The molecule has 306 valence electrons. The lowest BCUT2D eigenvalue weighted by molar-refractivity contribution is -0.142. The molecule has 12 nitrogen and oxygen atoms in total. The molecule has 3 aliphatic rings. The second kappa shape index (κ2) is 19.4. The van der Waals surface area contributed by atoms with Gasteiger partial charge in [0, 0.05) is 50.3 Å². The summed E-state index contributed by atoms with van der Waals surface area (Å²) >= 11 is 0. The second-order valence-electron chi connectivity index (χ2n) is 17.0. The van der Waals surface area contributed by atoms with E-state index in [-0.39, 0.29) is 54.0 Å². The van der Waals surface area contributed by atoms with E-state index in [9.17, 15) is 23.6 Å². The van der Waals surface area contributed by atoms with Crippen LogP contribution in [0.4, 0.5) is 14.9 Å². The van der Waals surface area contributed by atoms with Crippen LogP contribution in [0.3, 0.4) is 0 Å². The fraction of sp³-hybridized carbons (Fsp3) is 0.714. The van der Waals surface area contributed by atoms with Gasteiger partial charge in [-0.25, -0.2) is 14.0 Å². The molecule has 2 N–H and O–H groups in total. The minimum atomic E-state index is -0.714. The Hall–Kier alpha value is -3.71. The number of rotatable bonds is 15. The molecule has 1 aliphatic heterocycles. The zero-order valence-electron chi connectivity index (χ0n) is 33.5. The van der Waals surface area contributed by atoms with Crippen LogP contribution in [0.2, 0.25) is 0 Å². The molecule has 2 aliphatic carbocycles. The lowest BCUT2D eigenvalue weighted by Gasteiger charge is -2.38. The summed E-state index contributed by atoms with van der Waals surface area (Å²) in [5.74, 6) is -0.440. The average molecular weight is 772 g/mol. The van der Waals surface area contributed by atoms with Crippen LogP contribution in [0, 0.1) is 29.6 Å². The predicted octanol–water partition coefficient (Wildman–Crippen LogP) is 7.68. The number of nitrogens with one attached hydrogen (secondary N) is 2. The van der Waals surface area contributed by atoms with Crippen molar-refractivity contribution in [1.82, 2.24) is 10.2 Å². The van der Waals surface area contributed by atoms with Crippen LogP contribution >= 0.6 is 0 Å². The highest BCUT2D eigenvalue weighted by Crippen LogP contribution is 2.42. The zero-order valence-corrected chi connectivity index (χ0v) is 33.5. The molecule has 1 aromatic carbocycles. The summed E-state index contributed by atoms with van der Waals surface area (Å²) in [6.45, 7) is 10.6. The quantitative estimate of drug-likeness (QED) is 0.138. The van der Waals surface area contributed by atoms with E-state index in [2.05, 4.69) is 24.5 Å². The summed E-state index contributed by atoms with van der Waals surface area (Å²) < 4.78 is 41.8. The predicted molar refractivity (Wildman–Crippen MR) is 206 cm³/mol. The van der Waals surface area contributed by atoms with Crippen molar-refractivity contribution in [3.63, 3.8) is 0 Å². The van der Waals surface area contributed by atoms with Crippen molar-refractivity contribution in [2.45, 2.75) is 123 Å². The summed E-state index contributed by atoms with van der Waals surface area (Å²) in [7, 11) is 1.74. The maximum atomic E-state index is 14.3. The number of benzene rings is 1. The second-order valence-corrected chi connectivity index (χ2v) is 17.0. The van der Waals surface area contributed by atoms with Crippen LogP contribution in [0.15, 0.2) is 28.7 Å². The number of furan rings is 1. The number of anilines is 1. The lowest BCUT2D eigenvalue weighted by atomic mass is 9.75. The van der Waals surface area contributed by atoms with Crippen LogP contribution in [0.25, 0.3) is 11.0 Å². The first-order valence-electron chi connectivity index (χ1n) is 20.2. The molecule has 2 heterocycles. The van der Waals surface area contributed by atoms with Gasteiger partial charge in [0.25, 0.3) is 0 Å². The van der Waals surface area contributed by atoms with Gasteiger partial charge < -0.3 is 38.9 Å². The summed E-state index contributed by atoms with van der Waals surface area (Å²) in [6.07, 6.45) is 6.87. The van der Waals surface area contributed by atoms with Crippen molar-refractivity contribution in [3.05, 3.63) is 30.0 Å². The Morgan fingerprint density at radius 3 is 2.35 bits per heavy atom. The highest BCUT2D eigenvalue weighted by atomic mass is 19.1. The molecule has 3 fully saturated rings. The van der Waals surface area contributed by atoms with Crippen molar-refractivity contribution in [2.24, 2.45) is 29.6 Å². The highest BCUT2D eigenvalue weighted by Gasteiger charge is 2.47. The van der Waals surface area contributed by atoms with E-state index in [1.165, 1.54) is 0 Å². The Kier molecular flexibility index (Phi) is 15.0. The molecule has 0 unspecified atom stereocenters. The number of ether oxygens (including phenoxy) is 4. The van der Waals surface area contributed by atoms with E-state index < -0.39 is 36.4 Å². The van der Waals surface area contributed by atoms with Crippen LogP contribution < -0.4 is 10.6 Å². The third kappa shape index (κ3) is 11.7. The molecule has 0 bridgehead atoms. The number of likely N-dealkylation sites (tertiary alicyclic amines) is 1. The average Bonchev–Trinajstić information content (AvgIpc) is 3.79. The fourth-order valence-corrected chi connectivity index (χ4v) is 8.54. The summed E-state index contributed by atoms with van der Waals surface area (Å²) in [5.41, 5.74) is 0.336. The molecule has 1 aromatic heterocycles. The van der Waals surface area contributed by atoms with Gasteiger partial charge >= 0.3 is 12.1 Å². The van der Waals surface area contributed by atoms with Crippen molar-refractivity contribution in [3.8, 4) is 0 Å². The molecule has 3 atom stereocenters.